The quantitative estimate of drug-likeness (QED) is 0.511. The normalized spacial score (nSPS) is 12.7. The molecule has 1 aromatic rings. The maximum Gasteiger partial charge on any atom is 0.125 e. The maximum atomic E-state index is 9.08. The van der Waals surface area contributed by atoms with Crippen molar-refractivity contribution < 1.29 is 15.7 Å². The molecule has 16 heavy (non-hydrogen) atoms. The summed E-state index contributed by atoms with van der Waals surface area (Å²) in [4.78, 5) is 0. The number of nitrogens with two attached hydrogens (primary N) is 2. The summed E-state index contributed by atoms with van der Waals surface area (Å²) in [6, 6.07) is 8.51. The summed E-state index contributed by atoms with van der Waals surface area (Å²) in [7, 11) is 0. The van der Waals surface area contributed by atoms with Gasteiger partial charge in [0.1, 0.15) is 26.2 Å². The lowest BCUT2D eigenvalue weighted by molar-refractivity contribution is -0.733. The molecule has 90 valence electrons. The smallest absolute Gasteiger partial charge is 0.125 e. The standard InChI is InChI=1S/C13H22N2O/c1-11-5-3-4-6-13(11)10-15-8-7-14-9-12(2)16/h3-6,12,14-16H,7-10H2,1-2H3/p+2/t12-/m1/s1. The van der Waals surface area contributed by atoms with Crippen LogP contribution in [0.2, 0.25) is 0 Å². The van der Waals surface area contributed by atoms with Crippen molar-refractivity contribution >= 4 is 0 Å². The van der Waals surface area contributed by atoms with Gasteiger partial charge in [0, 0.05) is 5.56 Å². The first-order valence-corrected chi connectivity index (χ1v) is 6.06. The van der Waals surface area contributed by atoms with Crippen LogP contribution in [0.5, 0.6) is 0 Å². The molecule has 0 aliphatic heterocycles. The highest BCUT2D eigenvalue weighted by Gasteiger charge is 2.00. The van der Waals surface area contributed by atoms with E-state index in [0.717, 1.165) is 26.2 Å². The van der Waals surface area contributed by atoms with Crippen molar-refractivity contribution in [3.8, 4) is 0 Å². The van der Waals surface area contributed by atoms with Crippen LogP contribution in [0.25, 0.3) is 0 Å². The Morgan fingerprint density at radius 3 is 2.56 bits per heavy atom. The molecule has 3 nitrogen and oxygen atoms in total. The van der Waals surface area contributed by atoms with Crippen molar-refractivity contribution in [1.82, 2.24) is 0 Å². The molecule has 0 heterocycles. The fraction of sp³-hybridized carbons (Fsp3) is 0.538. The Balaban J connectivity index is 2.10. The van der Waals surface area contributed by atoms with Crippen molar-refractivity contribution in [3.05, 3.63) is 35.4 Å². The van der Waals surface area contributed by atoms with Crippen molar-refractivity contribution in [1.29, 1.82) is 0 Å². The number of aliphatic hydroxyl groups is 1. The molecule has 0 unspecified atom stereocenters. The van der Waals surface area contributed by atoms with E-state index >= 15 is 0 Å². The zero-order valence-corrected chi connectivity index (χ0v) is 10.3. The second-order valence-electron chi connectivity index (χ2n) is 4.37. The van der Waals surface area contributed by atoms with Crippen molar-refractivity contribution in [2.45, 2.75) is 26.5 Å². The van der Waals surface area contributed by atoms with E-state index in [2.05, 4.69) is 41.8 Å². The average Bonchev–Trinajstić information content (AvgIpc) is 2.25. The summed E-state index contributed by atoms with van der Waals surface area (Å²) in [5, 5.41) is 13.6. The van der Waals surface area contributed by atoms with Gasteiger partial charge in [0.2, 0.25) is 0 Å². The number of quaternary nitrogens is 2. The second-order valence-corrected chi connectivity index (χ2v) is 4.37. The fourth-order valence-corrected chi connectivity index (χ4v) is 1.69. The number of rotatable bonds is 7. The minimum absolute atomic E-state index is 0.198. The fourth-order valence-electron chi connectivity index (χ4n) is 1.69. The van der Waals surface area contributed by atoms with E-state index in [0.29, 0.717) is 0 Å². The topological polar surface area (TPSA) is 53.5 Å². The molecular formula is C13H24N2O+2. The predicted molar refractivity (Wildman–Crippen MR) is 65.0 cm³/mol. The number of hydrogen-bond acceptors (Lipinski definition) is 1. The van der Waals surface area contributed by atoms with Crippen LogP contribution in [0.1, 0.15) is 18.1 Å². The van der Waals surface area contributed by atoms with Crippen LogP contribution in [0, 0.1) is 6.92 Å². The van der Waals surface area contributed by atoms with Gasteiger partial charge in [-0.05, 0) is 19.4 Å². The molecular weight excluding hydrogens is 200 g/mol. The third-order valence-electron chi connectivity index (χ3n) is 2.71. The summed E-state index contributed by atoms with van der Waals surface area (Å²) < 4.78 is 0. The van der Waals surface area contributed by atoms with Gasteiger partial charge in [0.05, 0.1) is 6.10 Å². The van der Waals surface area contributed by atoms with Crippen LogP contribution < -0.4 is 10.6 Å². The average molecular weight is 224 g/mol. The highest BCUT2D eigenvalue weighted by molar-refractivity contribution is 5.24. The number of benzene rings is 1. The molecule has 3 heteroatoms. The monoisotopic (exact) mass is 224 g/mol. The van der Waals surface area contributed by atoms with Crippen molar-refractivity contribution in [3.63, 3.8) is 0 Å². The molecule has 1 aromatic carbocycles. The third-order valence-corrected chi connectivity index (χ3v) is 2.71. The first kappa shape index (κ1) is 13.2. The maximum absolute atomic E-state index is 9.08. The summed E-state index contributed by atoms with van der Waals surface area (Å²) in [6.45, 7) is 8.00. The molecule has 0 radical (unpaired) electrons. The van der Waals surface area contributed by atoms with Gasteiger partial charge < -0.3 is 15.7 Å². The van der Waals surface area contributed by atoms with Gasteiger partial charge in [-0.25, -0.2) is 0 Å². The molecule has 0 amide bonds. The van der Waals surface area contributed by atoms with Crippen LogP contribution in [-0.2, 0) is 6.54 Å². The molecule has 1 atom stereocenters. The molecule has 0 fully saturated rings. The van der Waals surface area contributed by atoms with Crippen LogP contribution in [0.4, 0.5) is 0 Å². The van der Waals surface area contributed by atoms with E-state index in [1.165, 1.54) is 11.1 Å². The molecule has 0 aromatic heterocycles. The van der Waals surface area contributed by atoms with Gasteiger partial charge in [0.25, 0.3) is 0 Å². The van der Waals surface area contributed by atoms with E-state index in [1.54, 1.807) is 0 Å². The Morgan fingerprint density at radius 1 is 1.19 bits per heavy atom. The van der Waals surface area contributed by atoms with Gasteiger partial charge in [-0.15, -0.1) is 0 Å². The number of hydrogen-bond donors (Lipinski definition) is 3. The molecule has 0 spiro atoms. The SMILES string of the molecule is Cc1ccccc1C[NH2+]CC[NH2+]C[C@@H](C)O. The highest BCUT2D eigenvalue weighted by Crippen LogP contribution is 2.03. The Hall–Kier alpha value is -0.900. The second kappa shape index (κ2) is 7.39. The van der Waals surface area contributed by atoms with Crippen molar-refractivity contribution in [2.75, 3.05) is 19.6 Å². The van der Waals surface area contributed by atoms with Crippen LogP contribution in [0.3, 0.4) is 0 Å². The Morgan fingerprint density at radius 2 is 1.88 bits per heavy atom. The summed E-state index contributed by atoms with van der Waals surface area (Å²) in [5.41, 5.74) is 2.78. The molecule has 1 rings (SSSR count). The van der Waals surface area contributed by atoms with Gasteiger partial charge >= 0.3 is 0 Å². The van der Waals surface area contributed by atoms with E-state index in [4.69, 9.17) is 5.11 Å². The highest BCUT2D eigenvalue weighted by atomic mass is 16.3. The summed E-state index contributed by atoms with van der Waals surface area (Å²) >= 11 is 0. The molecule has 0 bridgehead atoms. The third kappa shape index (κ3) is 5.26. The van der Waals surface area contributed by atoms with E-state index in [-0.39, 0.29) is 6.10 Å². The Bertz CT molecular complexity index is 300. The molecule has 0 saturated carbocycles. The minimum Gasteiger partial charge on any atom is -0.388 e. The molecule has 0 aliphatic carbocycles. The largest absolute Gasteiger partial charge is 0.388 e. The molecule has 0 saturated heterocycles. The van der Waals surface area contributed by atoms with Gasteiger partial charge in [0.15, 0.2) is 0 Å². The first-order chi connectivity index (χ1) is 7.70. The number of aryl methyl sites for hydroxylation is 1. The lowest BCUT2D eigenvalue weighted by Gasteiger charge is -2.05. The van der Waals surface area contributed by atoms with Crippen molar-refractivity contribution in [2.24, 2.45) is 0 Å². The van der Waals surface area contributed by atoms with Crippen LogP contribution in [0.15, 0.2) is 24.3 Å². The van der Waals surface area contributed by atoms with E-state index in [9.17, 15) is 0 Å². The van der Waals surface area contributed by atoms with Gasteiger partial charge in [-0.2, -0.15) is 0 Å². The van der Waals surface area contributed by atoms with E-state index in [1.807, 2.05) is 6.92 Å². The predicted octanol–water partition coefficient (Wildman–Crippen LogP) is -0.997. The Labute approximate surface area is 97.9 Å². The Kier molecular flexibility index (Phi) is 6.08. The molecule has 0 aliphatic rings. The number of aliphatic hydroxyl groups excluding tert-OH is 1. The molecule has 5 N–H and O–H groups in total. The van der Waals surface area contributed by atoms with E-state index < -0.39 is 0 Å². The lowest BCUT2D eigenvalue weighted by Crippen LogP contribution is -2.95. The lowest BCUT2D eigenvalue weighted by atomic mass is 10.1. The first-order valence-electron chi connectivity index (χ1n) is 6.06. The van der Waals surface area contributed by atoms with Gasteiger partial charge in [-0.1, -0.05) is 24.3 Å². The van der Waals surface area contributed by atoms with Crippen LogP contribution >= 0.6 is 0 Å². The minimum atomic E-state index is -0.198. The summed E-state index contributed by atoms with van der Waals surface area (Å²) in [6.07, 6.45) is -0.198. The summed E-state index contributed by atoms with van der Waals surface area (Å²) in [5.74, 6) is 0. The van der Waals surface area contributed by atoms with Crippen LogP contribution in [-0.4, -0.2) is 30.8 Å². The van der Waals surface area contributed by atoms with Gasteiger partial charge in [-0.3, -0.25) is 0 Å². The zero-order valence-electron chi connectivity index (χ0n) is 10.3. The zero-order chi connectivity index (χ0) is 11.8.